The van der Waals surface area contributed by atoms with Crippen molar-refractivity contribution in [1.29, 1.82) is 0 Å². The number of thioether (sulfide) groups is 1. The number of carbonyl (C=O) groups excluding carboxylic acids is 1. The summed E-state index contributed by atoms with van der Waals surface area (Å²) in [7, 11) is 1.55. The molecule has 0 unspecified atom stereocenters. The Labute approximate surface area is 221 Å². The lowest BCUT2D eigenvalue weighted by Gasteiger charge is -2.10. The number of urea groups is 1. The predicted molar refractivity (Wildman–Crippen MR) is 144 cm³/mol. The summed E-state index contributed by atoms with van der Waals surface area (Å²) in [6, 6.07) is 19.2. The lowest BCUT2D eigenvalue weighted by atomic mass is 10.1. The number of nitrogens with one attached hydrogen (secondary N) is 3. The van der Waals surface area contributed by atoms with Crippen LogP contribution in [0.1, 0.15) is 5.56 Å². The fraction of sp³-hybridized carbons (Fsp3) is 0.111. The zero-order valence-corrected chi connectivity index (χ0v) is 20.9. The number of aromatic amines is 1. The number of hydrogen-bond acceptors (Lipinski definition) is 7. The first-order chi connectivity index (χ1) is 18.5. The number of methoxy groups -OCH3 is 1. The first-order valence-electron chi connectivity index (χ1n) is 11.4. The number of carbonyl (C=O) groups is 1. The molecule has 190 valence electrons. The quantitative estimate of drug-likeness (QED) is 0.161. The highest BCUT2D eigenvalue weighted by molar-refractivity contribution is 7.98. The van der Waals surface area contributed by atoms with E-state index in [0.29, 0.717) is 50.8 Å². The van der Waals surface area contributed by atoms with Crippen LogP contribution in [0.15, 0.2) is 76.7 Å². The molecule has 11 heteroatoms. The van der Waals surface area contributed by atoms with Crippen molar-refractivity contribution >= 4 is 34.9 Å². The summed E-state index contributed by atoms with van der Waals surface area (Å²) in [5, 5.41) is 5.94. The van der Waals surface area contributed by atoms with Crippen LogP contribution in [-0.2, 0) is 5.75 Å². The van der Waals surface area contributed by atoms with Gasteiger partial charge in [-0.1, -0.05) is 36.0 Å². The Bertz CT molecular complexity index is 1600. The molecule has 0 radical (unpaired) electrons. The summed E-state index contributed by atoms with van der Waals surface area (Å²) >= 11 is 1.33. The predicted octanol–water partition coefficient (Wildman–Crippen LogP) is 5.66. The standard InChI is InChI=1S/C27H21N5O5S/c1-28-24-23(17-4-3-5-20(12-17)35-2)31-27(32-25(24)33)38-14-16-6-8-18(9-7-16)29-26(34)30-19-10-11-21-22(13-19)37-15-36-21/h3-13H,14-15H2,2H3,(H2,29,30,34)(H,31,32,33). The largest absolute Gasteiger partial charge is 0.497 e. The minimum absolute atomic E-state index is 0.0722. The number of ether oxygens (including phenoxy) is 3. The van der Waals surface area contributed by atoms with Crippen molar-refractivity contribution in [2.75, 3.05) is 24.5 Å². The molecule has 0 aliphatic carbocycles. The molecular weight excluding hydrogens is 506 g/mol. The maximum absolute atomic E-state index is 12.6. The average molecular weight is 528 g/mol. The average Bonchev–Trinajstić information content (AvgIpc) is 3.40. The Morgan fingerprint density at radius 2 is 1.84 bits per heavy atom. The van der Waals surface area contributed by atoms with E-state index in [-0.39, 0.29) is 12.5 Å². The van der Waals surface area contributed by atoms with Gasteiger partial charge in [-0.25, -0.2) is 14.6 Å². The summed E-state index contributed by atoms with van der Waals surface area (Å²) in [5.74, 6) is 2.34. The molecule has 1 aliphatic rings. The maximum atomic E-state index is 12.6. The fourth-order valence-corrected chi connectivity index (χ4v) is 4.51. The molecule has 0 saturated heterocycles. The molecule has 0 fully saturated rings. The van der Waals surface area contributed by atoms with Gasteiger partial charge in [0, 0.05) is 23.2 Å². The first kappa shape index (κ1) is 24.7. The molecule has 1 aliphatic heterocycles. The van der Waals surface area contributed by atoms with E-state index >= 15 is 0 Å². The van der Waals surface area contributed by atoms with Gasteiger partial charge in [0.25, 0.3) is 11.2 Å². The number of H-pyrrole nitrogens is 1. The second kappa shape index (κ2) is 11.0. The van der Waals surface area contributed by atoms with Crippen LogP contribution in [-0.4, -0.2) is 29.9 Å². The van der Waals surface area contributed by atoms with Gasteiger partial charge in [-0.05, 0) is 47.5 Å². The van der Waals surface area contributed by atoms with E-state index in [2.05, 4.69) is 25.4 Å². The van der Waals surface area contributed by atoms with E-state index in [1.165, 1.54) is 11.8 Å². The van der Waals surface area contributed by atoms with Gasteiger partial charge in [0.2, 0.25) is 6.79 Å². The number of amides is 2. The van der Waals surface area contributed by atoms with Gasteiger partial charge in [0.05, 0.1) is 19.4 Å². The Kier molecular flexibility index (Phi) is 7.15. The van der Waals surface area contributed by atoms with E-state index in [0.717, 1.165) is 5.56 Å². The molecule has 0 atom stereocenters. The summed E-state index contributed by atoms with van der Waals surface area (Å²) in [6.07, 6.45) is 0. The lowest BCUT2D eigenvalue weighted by molar-refractivity contribution is 0.174. The van der Waals surface area contributed by atoms with Gasteiger partial charge in [-0.15, -0.1) is 0 Å². The molecule has 3 N–H and O–H groups in total. The molecule has 0 saturated carbocycles. The van der Waals surface area contributed by atoms with Crippen LogP contribution in [0.5, 0.6) is 17.2 Å². The van der Waals surface area contributed by atoms with E-state index < -0.39 is 11.6 Å². The van der Waals surface area contributed by atoms with Crippen molar-refractivity contribution in [2.45, 2.75) is 10.9 Å². The molecule has 1 aromatic heterocycles. The Hall–Kier alpha value is -4.95. The van der Waals surface area contributed by atoms with E-state index in [1.54, 1.807) is 61.7 Å². The number of benzene rings is 3. The molecule has 0 bridgehead atoms. The van der Waals surface area contributed by atoms with E-state index in [9.17, 15) is 9.59 Å². The number of aromatic nitrogens is 2. The second-order valence-electron chi connectivity index (χ2n) is 8.04. The van der Waals surface area contributed by atoms with Crippen molar-refractivity contribution in [2.24, 2.45) is 0 Å². The number of nitrogens with zero attached hydrogens (tertiary/aromatic N) is 2. The molecule has 10 nitrogen and oxygen atoms in total. The molecule has 3 aromatic carbocycles. The third-order valence-corrected chi connectivity index (χ3v) is 6.49. The minimum atomic E-state index is -0.497. The lowest BCUT2D eigenvalue weighted by Crippen LogP contribution is -2.19. The number of hydrogen-bond donors (Lipinski definition) is 3. The molecule has 0 spiro atoms. The molecule has 5 rings (SSSR count). The van der Waals surface area contributed by atoms with Crippen molar-refractivity contribution in [3.05, 3.63) is 94.1 Å². The van der Waals surface area contributed by atoms with Crippen LogP contribution >= 0.6 is 11.8 Å². The van der Waals surface area contributed by atoms with Crippen LogP contribution in [0.4, 0.5) is 21.9 Å². The topological polar surface area (TPSA) is 119 Å². The normalized spacial score (nSPS) is 11.5. The zero-order chi connectivity index (χ0) is 26.5. The van der Waals surface area contributed by atoms with Gasteiger partial charge in [-0.3, -0.25) is 4.79 Å². The van der Waals surface area contributed by atoms with Gasteiger partial charge in [0.1, 0.15) is 5.75 Å². The molecule has 4 aromatic rings. The van der Waals surface area contributed by atoms with Crippen LogP contribution in [0.3, 0.4) is 0 Å². The van der Waals surface area contributed by atoms with E-state index in [4.69, 9.17) is 20.8 Å². The highest BCUT2D eigenvalue weighted by Crippen LogP contribution is 2.34. The number of anilines is 2. The number of fused-ring (bicyclic) bond motifs is 1. The molecule has 2 amide bonds. The van der Waals surface area contributed by atoms with Crippen LogP contribution in [0.25, 0.3) is 16.1 Å². The van der Waals surface area contributed by atoms with Gasteiger partial charge < -0.3 is 29.8 Å². The smallest absolute Gasteiger partial charge is 0.323 e. The minimum Gasteiger partial charge on any atom is -0.497 e. The zero-order valence-electron chi connectivity index (χ0n) is 20.1. The Balaban J connectivity index is 1.23. The highest BCUT2D eigenvalue weighted by atomic mass is 32.2. The van der Waals surface area contributed by atoms with Crippen LogP contribution in [0.2, 0.25) is 0 Å². The van der Waals surface area contributed by atoms with Crippen molar-refractivity contribution < 1.29 is 19.0 Å². The van der Waals surface area contributed by atoms with Gasteiger partial charge in [-0.2, -0.15) is 0 Å². The van der Waals surface area contributed by atoms with Gasteiger partial charge in [0.15, 0.2) is 16.7 Å². The Morgan fingerprint density at radius 3 is 2.63 bits per heavy atom. The van der Waals surface area contributed by atoms with Crippen molar-refractivity contribution in [3.8, 4) is 28.5 Å². The maximum Gasteiger partial charge on any atom is 0.323 e. The summed E-state index contributed by atoms with van der Waals surface area (Å²) < 4.78 is 15.9. The molecule has 2 heterocycles. The molecular formula is C27H21N5O5S. The second-order valence-corrected chi connectivity index (χ2v) is 9.01. The summed E-state index contributed by atoms with van der Waals surface area (Å²) in [4.78, 5) is 35.5. The highest BCUT2D eigenvalue weighted by Gasteiger charge is 2.16. The molecule has 38 heavy (non-hydrogen) atoms. The van der Waals surface area contributed by atoms with Crippen molar-refractivity contribution in [1.82, 2.24) is 9.97 Å². The first-order valence-corrected chi connectivity index (χ1v) is 12.4. The third-order valence-electron chi connectivity index (χ3n) is 5.55. The van der Waals surface area contributed by atoms with Gasteiger partial charge >= 0.3 is 6.03 Å². The fourth-order valence-electron chi connectivity index (χ4n) is 3.69. The monoisotopic (exact) mass is 527 g/mol. The SMILES string of the molecule is [C-]#[N+]c1c(-c2cccc(OC)c2)nc(SCc2ccc(NC(=O)Nc3ccc4c(c3)OCO4)cc2)[nH]c1=O. The summed E-state index contributed by atoms with van der Waals surface area (Å²) in [5.41, 5.74) is 2.51. The van der Waals surface area contributed by atoms with E-state index in [1.807, 2.05) is 12.1 Å². The number of rotatable bonds is 7. The van der Waals surface area contributed by atoms with Crippen LogP contribution < -0.4 is 30.4 Å². The van der Waals surface area contributed by atoms with Crippen LogP contribution in [0, 0.1) is 6.57 Å². The summed E-state index contributed by atoms with van der Waals surface area (Å²) in [6.45, 7) is 7.59. The van der Waals surface area contributed by atoms with Crippen molar-refractivity contribution in [3.63, 3.8) is 0 Å². The third kappa shape index (κ3) is 5.55. The Morgan fingerprint density at radius 1 is 1.08 bits per heavy atom.